The Labute approximate surface area is 122 Å². The number of ether oxygens (including phenoxy) is 1. The van der Waals surface area contributed by atoms with Gasteiger partial charge in [0, 0.05) is 5.57 Å². The van der Waals surface area contributed by atoms with Crippen LogP contribution < -0.4 is 0 Å². The summed E-state index contributed by atoms with van der Waals surface area (Å²) in [4.78, 5) is 31.7. The first-order valence-electron chi connectivity index (χ1n) is 6.11. The molecule has 0 saturated carbocycles. The van der Waals surface area contributed by atoms with Gasteiger partial charge in [-0.05, 0) is 32.4 Å². The Morgan fingerprint density at radius 3 is 2.05 bits per heavy atom. The number of hydrogen-bond donors (Lipinski definition) is 2. The first-order valence-corrected chi connectivity index (χ1v) is 6.11. The van der Waals surface area contributed by atoms with E-state index in [9.17, 15) is 14.4 Å². The van der Waals surface area contributed by atoms with Crippen molar-refractivity contribution in [1.82, 2.24) is 0 Å². The summed E-state index contributed by atoms with van der Waals surface area (Å²) in [6.45, 7) is 8.77. The molecule has 21 heavy (non-hydrogen) atoms. The Morgan fingerprint density at radius 2 is 1.76 bits per heavy atom. The SMILES string of the molecule is C=C(C)C(=O)OCC.Cc1cccc(C(=O)O)c1C(=O)O. The number of aryl methyl sites for hydroxylation is 1. The van der Waals surface area contributed by atoms with Crippen molar-refractivity contribution in [2.75, 3.05) is 6.61 Å². The Bertz CT molecular complexity index is 559. The minimum atomic E-state index is -1.22. The van der Waals surface area contributed by atoms with Crippen molar-refractivity contribution in [2.45, 2.75) is 20.8 Å². The molecule has 2 N–H and O–H groups in total. The van der Waals surface area contributed by atoms with E-state index in [-0.39, 0.29) is 17.1 Å². The molecule has 1 rings (SSSR count). The number of carbonyl (C=O) groups is 3. The lowest BCUT2D eigenvalue weighted by atomic mass is 10.0. The molecule has 0 bridgehead atoms. The fraction of sp³-hybridized carbons (Fsp3) is 0.267. The van der Waals surface area contributed by atoms with Gasteiger partial charge in [-0.15, -0.1) is 0 Å². The number of aromatic carboxylic acids is 2. The van der Waals surface area contributed by atoms with Crippen LogP contribution >= 0.6 is 0 Å². The molecular weight excluding hydrogens is 276 g/mol. The van der Waals surface area contributed by atoms with E-state index in [1.54, 1.807) is 26.8 Å². The standard InChI is InChI=1S/C9H8O4.C6H10O2/c1-5-3-2-4-6(8(10)11)7(5)9(12)13;1-4-8-6(7)5(2)3/h2-4H,1H3,(H,10,11)(H,12,13);2,4H2,1,3H3. The van der Waals surface area contributed by atoms with E-state index in [0.717, 1.165) is 0 Å². The lowest BCUT2D eigenvalue weighted by Gasteiger charge is -2.03. The molecule has 6 nitrogen and oxygen atoms in total. The van der Waals surface area contributed by atoms with Crippen molar-refractivity contribution < 1.29 is 29.3 Å². The third-order valence-electron chi connectivity index (χ3n) is 2.34. The number of carbonyl (C=O) groups excluding carboxylic acids is 1. The molecule has 0 aliphatic rings. The largest absolute Gasteiger partial charge is 0.478 e. The molecule has 0 atom stereocenters. The van der Waals surface area contributed by atoms with E-state index in [0.29, 0.717) is 17.7 Å². The number of carboxylic acids is 2. The summed E-state index contributed by atoms with van der Waals surface area (Å²) >= 11 is 0. The van der Waals surface area contributed by atoms with Crippen LogP contribution in [-0.4, -0.2) is 34.7 Å². The summed E-state index contributed by atoms with van der Waals surface area (Å²) in [5.41, 5.74) is 0.585. The average Bonchev–Trinajstić information content (AvgIpc) is 2.38. The van der Waals surface area contributed by atoms with E-state index in [4.69, 9.17) is 10.2 Å². The molecule has 6 heteroatoms. The second kappa shape index (κ2) is 8.52. The normalized spacial score (nSPS) is 9.10. The lowest BCUT2D eigenvalue weighted by molar-refractivity contribution is -0.138. The van der Waals surface area contributed by atoms with Gasteiger partial charge in [0.25, 0.3) is 0 Å². The zero-order chi connectivity index (χ0) is 16.6. The smallest absolute Gasteiger partial charge is 0.336 e. The molecule has 0 aliphatic carbocycles. The minimum Gasteiger partial charge on any atom is -0.478 e. The second-order valence-corrected chi connectivity index (χ2v) is 4.11. The summed E-state index contributed by atoms with van der Waals surface area (Å²) in [7, 11) is 0. The van der Waals surface area contributed by atoms with Crippen molar-refractivity contribution in [3.8, 4) is 0 Å². The van der Waals surface area contributed by atoms with Crippen LogP contribution in [0.4, 0.5) is 0 Å². The van der Waals surface area contributed by atoms with E-state index in [1.165, 1.54) is 12.1 Å². The second-order valence-electron chi connectivity index (χ2n) is 4.11. The fourth-order valence-corrected chi connectivity index (χ4v) is 1.38. The van der Waals surface area contributed by atoms with Crippen molar-refractivity contribution >= 4 is 17.9 Å². The maximum Gasteiger partial charge on any atom is 0.336 e. The zero-order valence-corrected chi connectivity index (χ0v) is 12.2. The van der Waals surface area contributed by atoms with Gasteiger partial charge in [-0.25, -0.2) is 14.4 Å². The van der Waals surface area contributed by atoms with E-state index in [2.05, 4.69) is 11.3 Å². The highest BCUT2D eigenvalue weighted by Gasteiger charge is 2.17. The van der Waals surface area contributed by atoms with Gasteiger partial charge in [-0.1, -0.05) is 18.7 Å². The minimum absolute atomic E-state index is 0.144. The summed E-state index contributed by atoms with van der Waals surface area (Å²) in [6, 6.07) is 4.36. The summed E-state index contributed by atoms with van der Waals surface area (Å²) in [5.74, 6) is -2.75. The molecule has 0 aromatic heterocycles. The van der Waals surface area contributed by atoms with Gasteiger partial charge < -0.3 is 14.9 Å². The predicted octanol–water partition coefficient (Wildman–Crippen LogP) is 2.52. The summed E-state index contributed by atoms with van der Waals surface area (Å²) < 4.78 is 4.56. The van der Waals surface area contributed by atoms with Crippen LogP contribution in [0.2, 0.25) is 0 Å². The van der Waals surface area contributed by atoms with Crippen LogP contribution in [0, 0.1) is 6.92 Å². The first kappa shape index (κ1) is 18.4. The van der Waals surface area contributed by atoms with E-state index < -0.39 is 11.9 Å². The summed E-state index contributed by atoms with van der Waals surface area (Å²) in [6.07, 6.45) is 0. The quantitative estimate of drug-likeness (QED) is 0.653. The Balaban J connectivity index is 0.000000433. The van der Waals surface area contributed by atoms with Gasteiger partial charge in [-0.2, -0.15) is 0 Å². The highest BCUT2D eigenvalue weighted by Crippen LogP contribution is 2.13. The number of benzene rings is 1. The van der Waals surface area contributed by atoms with Crippen LogP contribution in [-0.2, 0) is 9.53 Å². The van der Waals surface area contributed by atoms with Crippen LogP contribution in [0.25, 0.3) is 0 Å². The molecule has 1 aromatic carbocycles. The highest BCUT2D eigenvalue weighted by atomic mass is 16.5. The third-order valence-corrected chi connectivity index (χ3v) is 2.34. The van der Waals surface area contributed by atoms with Crippen molar-refractivity contribution in [3.05, 3.63) is 47.0 Å². The molecule has 114 valence electrons. The maximum absolute atomic E-state index is 10.7. The van der Waals surface area contributed by atoms with E-state index >= 15 is 0 Å². The molecular formula is C15H18O6. The fourth-order valence-electron chi connectivity index (χ4n) is 1.38. The Morgan fingerprint density at radius 1 is 1.19 bits per heavy atom. The molecule has 0 saturated heterocycles. The molecule has 0 amide bonds. The predicted molar refractivity (Wildman–Crippen MR) is 76.5 cm³/mol. The van der Waals surface area contributed by atoms with Gasteiger partial charge in [-0.3, -0.25) is 0 Å². The number of rotatable bonds is 4. The molecule has 0 radical (unpaired) electrons. The van der Waals surface area contributed by atoms with Gasteiger partial charge in [0.2, 0.25) is 0 Å². The number of esters is 1. The van der Waals surface area contributed by atoms with Crippen LogP contribution in [0.3, 0.4) is 0 Å². The molecule has 1 aromatic rings. The monoisotopic (exact) mass is 294 g/mol. The highest BCUT2D eigenvalue weighted by molar-refractivity contribution is 6.02. The molecule has 0 spiro atoms. The van der Waals surface area contributed by atoms with Crippen LogP contribution in [0.15, 0.2) is 30.4 Å². The molecule has 0 aliphatic heterocycles. The Hall–Kier alpha value is -2.63. The topological polar surface area (TPSA) is 101 Å². The maximum atomic E-state index is 10.7. The Kier molecular flexibility index (Phi) is 7.46. The molecule has 0 heterocycles. The number of carboxylic acid groups (broad SMARTS) is 2. The van der Waals surface area contributed by atoms with Crippen LogP contribution in [0.5, 0.6) is 0 Å². The lowest BCUT2D eigenvalue weighted by Crippen LogP contribution is -2.09. The van der Waals surface area contributed by atoms with Crippen molar-refractivity contribution in [1.29, 1.82) is 0 Å². The van der Waals surface area contributed by atoms with Gasteiger partial charge >= 0.3 is 17.9 Å². The zero-order valence-electron chi connectivity index (χ0n) is 12.2. The summed E-state index contributed by atoms with van der Waals surface area (Å²) in [5, 5.41) is 17.4. The van der Waals surface area contributed by atoms with Gasteiger partial charge in [0.05, 0.1) is 17.7 Å². The van der Waals surface area contributed by atoms with Gasteiger partial charge in [0.15, 0.2) is 0 Å². The van der Waals surface area contributed by atoms with Crippen molar-refractivity contribution in [2.24, 2.45) is 0 Å². The van der Waals surface area contributed by atoms with Crippen LogP contribution in [0.1, 0.15) is 40.1 Å². The van der Waals surface area contributed by atoms with E-state index in [1.807, 2.05) is 0 Å². The average molecular weight is 294 g/mol. The first-order chi connectivity index (χ1) is 9.72. The third kappa shape index (κ3) is 5.90. The number of hydrogen-bond acceptors (Lipinski definition) is 4. The van der Waals surface area contributed by atoms with Crippen molar-refractivity contribution in [3.63, 3.8) is 0 Å². The molecule has 0 unspecified atom stereocenters. The molecule has 0 fully saturated rings. The van der Waals surface area contributed by atoms with Gasteiger partial charge in [0.1, 0.15) is 0 Å².